The number of hydrogen-bond acceptors (Lipinski definition) is 3. The van der Waals surface area contributed by atoms with Crippen molar-refractivity contribution < 1.29 is 4.79 Å². The van der Waals surface area contributed by atoms with E-state index in [4.69, 9.17) is 11.6 Å². The van der Waals surface area contributed by atoms with E-state index in [1.807, 2.05) is 18.2 Å². The molecule has 21 heavy (non-hydrogen) atoms. The lowest BCUT2D eigenvalue weighted by Gasteiger charge is -2.30. The largest absolute Gasteiger partial charge is 0.346 e. The average Bonchev–Trinajstić information content (AvgIpc) is 2.48. The van der Waals surface area contributed by atoms with E-state index in [2.05, 4.69) is 22.5 Å². The number of piperidine rings is 1. The Morgan fingerprint density at radius 2 is 2.19 bits per heavy atom. The molecule has 2 unspecified atom stereocenters. The van der Waals surface area contributed by atoms with Crippen LogP contribution in [0.1, 0.15) is 30.3 Å². The van der Waals surface area contributed by atoms with Crippen molar-refractivity contribution in [3.63, 3.8) is 0 Å². The van der Waals surface area contributed by atoms with Crippen molar-refractivity contribution in [1.29, 1.82) is 0 Å². The fourth-order valence-electron chi connectivity index (χ4n) is 2.70. The molecule has 2 aromatic rings. The Hall–Kier alpha value is -1.65. The molecular weight excluding hydrogens is 286 g/mol. The third-order valence-electron chi connectivity index (χ3n) is 3.97. The predicted octanol–water partition coefficient (Wildman–Crippen LogP) is 2.76. The lowest BCUT2D eigenvalue weighted by Crippen LogP contribution is -2.52. The fraction of sp³-hybridized carbons (Fsp3) is 0.375. The standard InChI is InChI=1S/C16H18ClN3O/c1-10-13(3-2-8-18-10)20-16(21)14-7-5-11-4-6-12(17)9-15(11)19-14/h4-7,9-10,13,18H,2-3,8H2,1H3,(H,20,21). The topological polar surface area (TPSA) is 54.0 Å². The van der Waals surface area contributed by atoms with E-state index >= 15 is 0 Å². The van der Waals surface area contributed by atoms with Crippen molar-refractivity contribution in [1.82, 2.24) is 15.6 Å². The molecular formula is C16H18ClN3O. The lowest BCUT2D eigenvalue weighted by molar-refractivity contribution is 0.0915. The molecule has 1 aromatic carbocycles. The number of fused-ring (bicyclic) bond motifs is 1. The number of nitrogens with zero attached hydrogens (tertiary/aromatic N) is 1. The normalized spacial score (nSPS) is 22.2. The van der Waals surface area contributed by atoms with Gasteiger partial charge >= 0.3 is 0 Å². The molecule has 0 bridgehead atoms. The van der Waals surface area contributed by atoms with Crippen LogP contribution in [0.3, 0.4) is 0 Å². The maximum absolute atomic E-state index is 12.4. The Morgan fingerprint density at radius 3 is 3.00 bits per heavy atom. The van der Waals surface area contributed by atoms with Crippen LogP contribution >= 0.6 is 11.6 Å². The number of amides is 1. The van der Waals surface area contributed by atoms with Crippen molar-refractivity contribution in [2.45, 2.75) is 31.8 Å². The summed E-state index contributed by atoms with van der Waals surface area (Å²) in [4.78, 5) is 16.8. The number of nitrogens with one attached hydrogen (secondary N) is 2. The van der Waals surface area contributed by atoms with Gasteiger partial charge in [0.2, 0.25) is 0 Å². The zero-order valence-electron chi connectivity index (χ0n) is 11.9. The molecule has 1 aliphatic rings. The third-order valence-corrected chi connectivity index (χ3v) is 4.20. The minimum Gasteiger partial charge on any atom is -0.346 e. The van der Waals surface area contributed by atoms with Crippen molar-refractivity contribution in [3.05, 3.63) is 41.0 Å². The van der Waals surface area contributed by atoms with E-state index in [1.54, 1.807) is 12.1 Å². The smallest absolute Gasteiger partial charge is 0.270 e. The molecule has 3 rings (SSSR count). The monoisotopic (exact) mass is 303 g/mol. The van der Waals surface area contributed by atoms with E-state index in [1.165, 1.54) is 0 Å². The van der Waals surface area contributed by atoms with Gasteiger partial charge in [0.25, 0.3) is 5.91 Å². The van der Waals surface area contributed by atoms with Crippen LogP contribution in [0.25, 0.3) is 10.9 Å². The van der Waals surface area contributed by atoms with Gasteiger partial charge in [-0.15, -0.1) is 0 Å². The minimum absolute atomic E-state index is 0.127. The molecule has 0 saturated carbocycles. The summed E-state index contributed by atoms with van der Waals surface area (Å²) in [6.45, 7) is 3.11. The van der Waals surface area contributed by atoms with Gasteiger partial charge in [0.05, 0.1) is 5.52 Å². The van der Waals surface area contributed by atoms with Crippen LogP contribution in [0.15, 0.2) is 30.3 Å². The second-order valence-corrected chi connectivity index (χ2v) is 5.93. The predicted molar refractivity (Wildman–Crippen MR) is 84.7 cm³/mol. The summed E-state index contributed by atoms with van der Waals surface area (Å²) in [6.07, 6.45) is 2.08. The average molecular weight is 304 g/mol. The zero-order chi connectivity index (χ0) is 14.8. The fourth-order valence-corrected chi connectivity index (χ4v) is 2.87. The molecule has 1 fully saturated rings. The number of pyridine rings is 1. The van der Waals surface area contributed by atoms with Crippen LogP contribution in [0, 0.1) is 0 Å². The van der Waals surface area contributed by atoms with E-state index < -0.39 is 0 Å². The lowest BCUT2D eigenvalue weighted by atomic mass is 10.00. The molecule has 1 aliphatic heterocycles. The molecule has 2 atom stereocenters. The molecule has 0 spiro atoms. The third kappa shape index (κ3) is 3.17. The SMILES string of the molecule is CC1NCCCC1NC(=O)c1ccc2ccc(Cl)cc2n1. The molecule has 4 nitrogen and oxygen atoms in total. The van der Waals surface area contributed by atoms with E-state index in [0.29, 0.717) is 10.7 Å². The second kappa shape index (κ2) is 6.00. The number of benzene rings is 1. The highest BCUT2D eigenvalue weighted by Crippen LogP contribution is 2.18. The van der Waals surface area contributed by atoms with Crippen LogP contribution in [0.5, 0.6) is 0 Å². The Morgan fingerprint density at radius 1 is 1.38 bits per heavy atom. The first kappa shape index (κ1) is 14.3. The molecule has 0 radical (unpaired) electrons. The first-order valence-electron chi connectivity index (χ1n) is 7.24. The minimum atomic E-state index is -0.127. The van der Waals surface area contributed by atoms with Gasteiger partial charge < -0.3 is 10.6 Å². The van der Waals surface area contributed by atoms with Crippen LogP contribution in [0.4, 0.5) is 0 Å². The van der Waals surface area contributed by atoms with Crippen molar-refractivity contribution in [2.75, 3.05) is 6.54 Å². The van der Waals surface area contributed by atoms with Crippen LogP contribution in [-0.4, -0.2) is 29.5 Å². The van der Waals surface area contributed by atoms with Crippen molar-refractivity contribution >= 4 is 28.4 Å². The summed E-state index contributed by atoms with van der Waals surface area (Å²) >= 11 is 5.98. The summed E-state index contributed by atoms with van der Waals surface area (Å²) in [5.74, 6) is -0.127. The molecule has 1 saturated heterocycles. The van der Waals surface area contributed by atoms with Crippen LogP contribution in [0.2, 0.25) is 5.02 Å². The number of carbonyl (C=O) groups excluding carboxylic acids is 1. The molecule has 0 aliphatic carbocycles. The second-order valence-electron chi connectivity index (χ2n) is 5.50. The van der Waals surface area contributed by atoms with E-state index in [-0.39, 0.29) is 18.0 Å². The summed E-state index contributed by atoms with van der Waals surface area (Å²) < 4.78 is 0. The highest BCUT2D eigenvalue weighted by Gasteiger charge is 2.23. The summed E-state index contributed by atoms with van der Waals surface area (Å²) in [6, 6.07) is 9.60. The molecule has 1 aromatic heterocycles. The van der Waals surface area contributed by atoms with Crippen LogP contribution in [-0.2, 0) is 0 Å². The first-order chi connectivity index (χ1) is 10.1. The maximum Gasteiger partial charge on any atom is 0.270 e. The Kier molecular flexibility index (Phi) is 4.08. The van der Waals surface area contributed by atoms with Crippen molar-refractivity contribution in [2.24, 2.45) is 0 Å². The van der Waals surface area contributed by atoms with E-state index in [0.717, 1.165) is 30.3 Å². The Labute approximate surface area is 128 Å². The van der Waals surface area contributed by atoms with Gasteiger partial charge in [-0.05, 0) is 44.5 Å². The first-order valence-corrected chi connectivity index (χ1v) is 7.62. The van der Waals surface area contributed by atoms with Gasteiger partial charge in [-0.1, -0.05) is 23.7 Å². The van der Waals surface area contributed by atoms with Crippen LogP contribution < -0.4 is 10.6 Å². The molecule has 5 heteroatoms. The van der Waals surface area contributed by atoms with Gasteiger partial charge in [-0.2, -0.15) is 0 Å². The number of aromatic nitrogens is 1. The summed E-state index contributed by atoms with van der Waals surface area (Å²) in [5.41, 5.74) is 1.17. The molecule has 2 heterocycles. The summed E-state index contributed by atoms with van der Waals surface area (Å²) in [7, 11) is 0. The quantitative estimate of drug-likeness (QED) is 0.897. The zero-order valence-corrected chi connectivity index (χ0v) is 12.7. The molecule has 2 N–H and O–H groups in total. The van der Waals surface area contributed by atoms with E-state index in [9.17, 15) is 4.79 Å². The molecule has 110 valence electrons. The maximum atomic E-state index is 12.4. The van der Waals surface area contributed by atoms with Gasteiger partial charge in [0, 0.05) is 22.5 Å². The van der Waals surface area contributed by atoms with Gasteiger partial charge in [0.15, 0.2) is 0 Å². The van der Waals surface area contributed by atoms with Gasteiger partial charge in [-0.3, -0.25) is 4.79 Å². The number of hydrogen-bond donors (Lipinski definition) is 2. The molecule has 1 amide bonds. The number of rotatable bonds is 2. The Balaban J connectivity index is 1.80. The number of halogens is 1. The number of carbonyl (C=O) groups is 1. The van der Waals surface area contributed by atoms with Gasteiger partial charge in [0.1, 0.15) is 5.69 Å². The van der Waals surface area contributed by atoms with Crippen molar-refractivity contribution in [3.8, 4) is 0 Å². The Bertz CT molecular complexity index is 674. The highest BCUT2D eigenvalue weighted by atomic mass is 35.5. The van der Waals surface area contributed by atoms with Gasteiger partial charge in [-0.25, -0.2) is 4.98 Å². The summed E-state index contributed by atoms with van der Waals surface area (Å²) in [5, 5.41) is 8.04. The highest BCUT2D eigenvalue weighted by molar-refractivity contribution is 6.31.